The minimum atomic E-state index is -0.493. The van der Waals surface area contributed by atoms with E-state index in [1.165, 1.54) is 11.8 Å². The van der Waals surface area contributed by atoms with Gasteiger partial charge in [0.25, 0.3) is 0 Å². The van der Waals surface area contributed by atoms with Crippen molar-refractivity contribution in [3.63, 3.8) is 0 Å². The Kier molecular flexibility index (Phi) is 3.24. The summed E-state index contributed by atoms with van der Waals surface area (Å²) in [6.07, 6.45) is 0. The van der Waals surface area contributed by atoms with E-state index in [2.05, 4.69) is 10.2 Å². The summed E-state index contributed by atoms with van der Waals surface area (Å²) in [5, 5.41) is 8.74. The molecule has 2 rings (SSSR count). The fourth-order valence-electron chi connectivity index (χ4n) is 1.37. The highest BCUT2D eigenvalue weighted by Crippen LogP contribution is 2.31. The minimum absolute atomic E-state index is 0.394. The number of rotatable bonds is 3. The average molecular weight is 263 g/mol. The van der Waals surface area contributed by atoms with Crippen molar-refractivity contribution in [3.05, 3.63) is 29.6 Å². The van der Waals surface area contributed by atoms with Gasteiger partial charge in [0.1, 0.15) is 5.82 Å². The van der Waals surface area contributed by atoms with Crippen molar-refractivity contribution in [1.82, 2.24) is 14.8 Å². The molecule has 0 bridgehead atoms. The minimum Gasteiger partial charge on any atom is -0.398 e. The number of hydrogen-bond acceptors (Lipinski definition) is 5. The van der Waals surface area contributed by atoms with Crippen LogP contribution in [0.2, 0.25) is 0 Å². The molecule has 6 nitrogen and oxygen atoms in total. The summed E-state index contributed by atoms with van der Waals surface area (Å²) in [7, 11) is 1.88. The van der Waals surface area contributed by atoms with Gasteiger partial charge in [0.05, 0.1) is 0 Å². The predicted octanol–water partition coefficient (Wildman–Crippen LogP) is 0.956. The van der Waals surface area contributed by atoms with Crippen LogP contribution in [-0.2, 0) is 7.05 Å². The molecule has 0 aliphatic heterocycles. The Morgan fingerprint density at radius 3 is 2.61 bits per heavy atom. The molecule has 0 unspecified atom stereocenters. The Balaban J connectivity index is 2.30. The maximum Gasteiger partial charge on any atom is 0.248 e. The standard InChI is InChI=1S/C11H13N5OS/c1-6-14-15-11(16(6)2)18-9-4-3-7(10(13)17)5-8(9)12/h3-5H,12H2,1-2H3,(H2,13,17). The molecular formula is C11H13N5OS. The molecule has 1 amide bonds. The van der Waals surface area contributed by atoms with Crippen molar-refractivity contribution >= 4 is 23.4 Å². The van der Waals surface area contributed by atoms with E-state index in [4.69, 9.17) is 11.5 Å². The lowest BCUT2D eigenvalue weighted by molar-refractivity contribution is 0.100. The average Bonchev–Trinajstić information content (AvgIpc) is 2.63. The Morgan fingerprint density at radius 2 is 2.11 bits per heavy atom. The number of aromatic nitrogens is 3. The normalized spacial score (nSPS) is 10.6. The first-order valence-corrected chi connectivity index (χ1v) is 6.04. The van der Waals surface area contributed by atoms with Crippen LogP contribution in [0.3, 0.4) is 0 Å². The van der Waals surface area contributed by atoms with Gasteiger partial charge in [-0.25, -0.2) is 0 Å². The van der Waals surface area contributed by atoms with E-state index in [1.807, 2.05) is 18.5 Å². The topological polar surface area (TPSA) is 99.8 Å². The fraction of sp³-hybridized carbons (Fsp3) is 0.182. The Labute approximate surface area is 108 Å². The quantitative estimate of drug-likeness (QED) is 0.803. The molecule has 1 aromatic carbocycles. The van der Waals surface area contributed by atoms with Crippen molar-refractivity contribution in [2.24, 2.45) is 12.8 Å². The summed E-state index contributed by atoms with van der Waals surface area (Å²) >= 11 is 1.39. The highest BCUT2D eigenvalue weighted by molar-refractivity contribution is 7.99. The van der Waals surface area contributed by atoms with Crippen LogP contribution >= 0.6 is 11.8 Å². The lowest BCUT2D eigenvalue weighted by atomic mass is 10.2. The van der Waals surface area contributed by atoms with Crippen molar-refractivity contribution in [2.75, 3.05) is 5.73 Å². The maximum atomic E-state index is 11.0. The van der Waals surface area contributed by atoms with Crippen LogP contribution in [0.4, 0.5) is 5.69 Å². The van der Waals surface area contributed by atoms with Crippen LogP contribution in [0.15, 0.2) is 28.3 Å². The highest BCUT2D eigenvalue weighted by Gasteiger charge is 2.10. The summed E-state index contributed by atoms with van der Waals surface area (Å²) in [5.74, 6) is 0.331. The van der Waals surface area contributed by atoms with Crippen LogP contribution in [0.5, 0.6) is 0 Å². The van der Waals surface area contributed by atoms with Gasteiger partial charge in [-0.15, -0.1) is 10.2 Å². The van der Waals surface area contributed by atoms with E-state index in [-0.39, 0.29) is 0 Å². The van der Waals surface area contributed by atoms with Crippen molar-refractivity contribution < 1.29 is 4.79 Å². The Hall–Kier alpha value is -2.02. The lowest BCUT2D eigenvalue weighted by Gasteiger charge is -2.06. The molecule has 2 aromatic rings. The number of anilines is 1. The summed E-state index contributed by atoms with van der Waals surface area (Å²) in [6, 6.07) is 4.96. The maximum absolute atomic E-state index is 11.0. The molecule has 1 heterocycles. The first-order chi connectivity index (χ1) is 8.49. The van der Waals surface area contributed by atoms with Gasteiger partial charge in [0.2, 0.25) is 5.91 Å². The molecule has 0 saturated heterocycles. The van der Waals surface area contributed by atoms with E-state index in [1.54, 1.807) is 18.2 Å². The van der Waals surface area contributed by atoms with Crippen LogP contribution in [-0.4, -0.2) is 20.7 Å². The molecule has 94 valence electrons. The van der Waals surface area contributed by atoms with Gasteiger partial charge in [0, 0.05) is 23.2 Å². The van der Waals surface area contributed by atoms with Gasteiger partial charge in [-0.1, -0.05) is 0 Å². The number of primary amides is 1. The number of benzene rings is 1. The third-order valence-electron chi connectivity index (χ3n) is 2.55. The third-order valence-corrected chi connectivity index (χ3v) is 3.68. The summed E-state index contributed by atoms with van der Waals surface area (Å²) in [6.45, 7) is 1.87. The molecule has 7 heteroatoms. The predicted molar refractivity (Wildman–Crippen MR) is 69.2 cm³/mol. The summed E-state index contributed by atoms with van der Waals surface area (Å²) in [4.78, 5) is 11.8. The second-order valence-corrected chi connectivity index (χ2v) is 4.82. The van der Waals surface area contributed by atoms with Crippen LogP contribution in [0.1, 0.15) is 16.2 Å². The van der Waals surface area contributed by atoms with Crippen LogP contribution < -0.4 is 11.5 Å². The number of aryl methyl sites for hydroxylation is 1. The largest absolute Gasteiger partial charge is 0.398 e. The summed E-state index contributed by atoms with van der Waals surface area (Å²) < 4.78 is 1.87. The van der Waals surface area contributed by atoms with E-state index >= 15 is 0 Å². The number of nitrogens with two attached hydrogens (primary N) is 2. The lowest BCUT2D eigenvalue weighted by Crippen LogP contribution is -2.11. The zero-order chi connectivity index (χ0) is 13.3. The van der Waals surface area contributed by atoms with Gasteiger partial charge in [-0.3, -0.25) is 4.79 Å². The van der Waals surface area contributed by atoms with Crippen molar-refractivity contribution in [2.45, 2.75) is 17.0 Å². The number of carbonyl (C=O) groups is 1. The van der Waals surface area contributed by atoms with Gasteiger partial charge < -0.3 is 16.0 Å². The number of hydrogen-bond donors (Lipinski definition) is 2. The smallest absolute Gasteiger partial charge is 0.248 e. The molecule has 0 aliphatic carbocycles. The second-order valence-electron chi connectivity index (χ2n) is 3.81. The van der Waals surface area contributed by atoms with Gasteiger partial charge in [-0.05, 0) is 36.9 Å². The Bertz CT molecular complexity index is 607. The van der Waals surface area contributed by atoms with Gasteiger partial charge in [0.15, 0.2) is 5.16 Å². The molecule has 0 saturated carbocycles. The van der Waals surface area contributed by atoms with Crippen LogP contribution in [0.25, 0.3) is 0 Å². The molecule has 0 aliphatic rings. The number of nitrogens with zero attached hydrogens (tertiary/aromatic N) is 3. The molecule has 18 heavy (non-hydrogen) atoms. The first kappa shape index (κ1) is 12.4. The third kappa shape index (κ3) is 2.30. The van der Waals surface area contributed by atoms with E-state index in [9.17, 15) is 4.79 Å². The van der Waals surface area contributed by atoms with Gasteiger partial charge >= 0.3 is 0 Å². The van der Waals surface area contributed by atoms with Crippen LogP contribution in [0, 0.1) is 6.92 Å². The Morgan fingerprint density at radius 1 is 1.39 bits per heavy atom. The number of nitrogen functional groups attached to an aromatic ring is 1. The van der Waals surface area contributed by atoms with E-state index < -0.39 is 5.91 Å². The molecule has 0 radical (unpaired) electrons. The molecule has 1 aromatic heterocycles. The molecular weight excluding hydrogens is 250 g/mol. The number of carbonyl (C=O) groups excluding carboxylic acids is 1. The fourth-order valence-corrected chi connectivity index (χ4v) is 2.23. The van der Waals surface area contributed by atoms with Gasteiger partial charge in [-0.2, -0.15) is 0 Å². The van der Waals surface area contributed by atoms with E-state index in [0.717, 1.165) is 15.9 Å². The number of amides is 1. The molecule has 0 spiro atoms. The summed E-state index contributed by atoms with van der Waals surface area (Å²) in [5.41, 5.74) is 12.0. The first-order valence-electron chi connectivity index (χ1n) is 5.22. The van der Waals surface area contributed by atoms with Crippen molar-refractivity contribution in [1.29, 1.82) is 0 Å². The molecule has 4 N–H and O–H groups in total. The highest BCUT2D eigenvalue weighted by atomic mass is 32.2. The van der Waals surface area contributed by atoms with E-state index in [0.29, 0.717) is 11.3 Å². The second kappa shape index (κ2) is 4.69. The SMILES string of the molecule is Cc1nnc(Sc2ccc(C(N)=O)cc2N)n1C. The zero-order valence-corrected chi connectivity index (χ0v) is 10.9. The monoisotopic (exact) mass is 263 g/mol. The molecule has 0 fully saturated rings. The molecule has 0 atom stereocenters. The zero-order valence-electron chi connectivity index (χ0n) is 10.0. The van der Waals surface area contributed by atoms with Crippen molar-refractivity contribution in [3.8, 4) is 0 Å².